The van der Waals surface area contributed by atoms with E-state index >= 15 is 0 Å². The molecule has 3 heterocycles. The Morgan fingerprint density at radius 2 is 2.00 bits per heavy atom. The van der Waals surface area contributed by atoms with Crippen LogP contribution in [-0.2, 0) is 17.8 Å². The molecule has 0 spiro atoms. The van der Waals surface area contributed by atoms with Crippen molar-refractivity contribution in [2.24, 2.45) is 5.92 Å². The first-order chi connectivity index (χ1) is 10.8. The van der Waals surface area contributed by atoms with Crippen LogP contribution in [0.1, 0.15) is 22.6 Å². The van der Waals surface area contributed by atoms with E-state index in [2.05, 4.69) is 27.7 Å². The quantitative estimate of drug-likeness (QED) is 0.878. The zero-order chi connectivity index (χ0) is 15.2. The Kier molecular flexibility index (Phi) is 5.64. The van der Waals surface area contributed by atoms with Crippen LogP contribution < -0.4 is 5.32 Å². The van der Waals surface area contributed by atoms with E-state index < -0.39 is 0 Å². The van der Waals surface area contributed by atoms with Gasteiger partial charge in [-0.05, 0) is 48.2 Å². The monoisotopic (exact) mass is 334 g/mol. The summed E-state index contributed by atoms with van der Waals surface area (Å²) in [6.45, 7) is 4.14. The maximum absolute atomic E-state index is 12.0. The van der Waals surface area contributed by atoms with Crippen molar-refractivity contribution >= 4 is 28.6 Å². The van der Waals surface area contributed by atoms with Crippen molar-refractivity contribution in [2.75, 3.05) is 19.6 Å². The highest BCUT2D eigenvalue weighted by Gasteiger charge is 2.20. The van der Waals surface area contributed by atoms with Crippen LogP contribution in [0.15, 0.2) is 35.0 Å². The van der Waals surface area contributed by atoms with E-state index in [0.29, 0.717) is 12.3 Å². The van der Waals surface area contributed by atoms with Gasteiger partial charge in [0.25, 0.3) is 0 Å². The fourth-order valence-corrected chi connectivity index (χ4v) is 4.43. The van der Waals surface area contributed by atoms with Gasteiger partial charge in [0.05, 0.1) is 6.42 Å². The number of hydrogen-bond donors (Lipinski definition) is 1. The van der Waals surface area contributed by atoms with E-state index in [9.17, 15) is 4.79 Å². The van der Waals surface area contributed by atoms with E-state index in [4.69, 9.17) is 0 Å². The predicted molar refractivity (Wildman–Crippen MR) is 93.4 cm³/mol. The largest absolute Gasteiger partial charge is 0.355 e. The summed E-state index contributed by atoms with van der Waals surface area (Å²) in [5.74, 6) is 0.735. The molecule has 1 N–H and O–H groups in total. The molecule has 1 aliphatic rings. The molecule has 0 aromatic carbocycles. The lowest BCUT2D eigenvalue weighted by Crippen LogP contribution is -2.40. The van der Waals surface area contributed by atoms with Gasteiger partial charge in [-0.1, -0.05) is 12.1 Å². The maximum atomic E-state index is 12.0. The van der Waals surface area contributed by atoms with Crippen molar-refractivity contribution in [3.8, 4) is 0 Å². The second-order valence-corrected chi connectivity index (χ2v) is 7.95. The van der Waals surface area contributed by atoms with Gasteiger partial charge in [-0.15, -0.1) is 22.7 Å². The van der Waals surface area contributed by atoms with Gasteiger partial charge in [-0.2, -0.15) is 0 Å². The lowest BCUT2D eigenvalue weighted by molar-refractivity contribution is -0.120. The van der Waals surface area contributed by atoms with E-state index in [1.54, 1.807) is 11.3 Å². The van der Waals surface area contributed by atoms with Gasteiger partial charge < -0.3 is 5.32 Å². The molecule has 1 unspecified atom stereocenters. The van der Waals surface area contributed by atoms with Crippen molar-refractivity contribution in [3.63, 3.8) is 0 Å². The first-order valence-corrected chi connectivity index (χ1v) is 9.59. The molecule has 0 aliphatic carbocycles. The lowest BCUT2D eigenvalue weighted by Gasteiger charge is -2.32. The Morgan fingerprint density at radius 3 is 2.73 bits per heavy atom. The van der Waals surface area contributed by atoms with Crippen molar-refractivity contribution in [2.45, 2.75) is 25.8 Å². The van der Waals surface area contributed by atoms with Crippen LogP contribution in [-0.4, -0.2) is 30.4 Å². The molecule has 2 aromatic heterocycles. The van der Waals surface area contributed by atoms with Gasteiger partial charge in [-0.3, -0.25) is 9.69 Å². The van der Waals surface area contributed by atoms with Crippen LogP contribution in [0.3, 0.4) is 0 Å². The molecule has 1 fully saturated rings. The van der Waals surface area contributed by atoms with Gasteiger partial charge in [0.15, 0.2) is 0 Å². The number of carbonyl (C=O) groups is 1. The van der Waals surface area contributed by atoms with Gasteiger partial charge in [0.2, 0.25) is 5.91 Å². The molecule has 3 nitrogen and oxygen atoms in total. The molecule has 0 radical (unpaired) electrons. The third-order valence-electron chi connectivity index (χ3n) is 4.07. The summed E-state index contributed by atoms with van der Waals surface area (Å²) in [4.78, 5) is 17.1. The minimum absolute atomic E-state index is 0.151. The zero-order valence-corrected chi connectivity index (χ0v) is 14.3. The molecule has 22 heavy (non-hydrogen) atoms. The number of thiophene rings is 2. The molecule has 1 atom stereocenters. The average molecular weight is 335 g/mol. The van der Waals surface area contributed by atoms with Crippen LogP contribution in [0.4, 0.5) is 0 Å². The molecular formula is C17H22N2OS2. The summed E-state index contributed by atoms with van der Waals surface area (Å²) >= 11 is 3.48. The molecule has 0 saturated carbocycles. The van der Waals surface area contributed by atoms with Crippen molar-refractivity contribution in [1.82, 2.24) is 10.2 Å². The highest BCUT2D eigenvalue weighted by molar-refractivity contribution is 7.10. The Morgan fingerprint density at radius 1 is 1.23 bits per heavy atom. The van der Waals surface area contributed by atoms with E-state index in [1.165, 1.54) is 24.3 Å². The van der Waals surface area contributed by atoms with Crippen LogP contribution in [0.5, 0.6) is 0 Å². The number of piperidine rings is 1. The summed E-state index contributed by atoms with van der Waals surface area (Å²) in [6, 6.07) is 8.34. The molecule has 5 heteroatoms. The van der Waals surface area contributed by atoms with E-state index in [-0.39, 0.29) is 5.91 Å². The molecule has 118 valence electrons. The fraction of sp³-hybridized carbons (Fsp3) is 0.471. The SMILES string of the molecule is O=C(Cc1cccs1)NCC1CCCN(Cc2cccs2)C1. The Bertz CT molecular complexity index is 566. The number of rotatable bonds is 6. The number of amides is 1. The molecule has 2 aromatic rings. The second kappa shape index (κ2) is 7.90. The molecule has 3 rings (SSSR count). The number of carbonyl (C=O) groups excluding carboxylic acids is 1. The normalized spacial score (nSPS) is 19.2. The minimum atomic E-state index is 0.151. The lowest BCUT2D eigenvalue weighted by atomic mass is 9.98. The average Bonchev–Trinajstić information content (AvgIpc) is 3.19. The highest BCUT2D eigenvalue weighted by atomic mass is 32.1. The minimum Gasteiger partial charge on any atom is -0.355 e. The first kappa shape index (κ1) is 15.7. The smallest absolute Gasteiger partial charge is 0.225 e. The van der Waals surface area contributed by atoms with Gasteiger partial charge in [0, 0.05) is 29.4 Å². The third kappa shape index (κ3) is 4.66. The van der Waals surface area contributed by atoms with Gasteiger partial charge in [0.1, 0.15) is 0 Å². The van der Waals surface area contributed by atoms with Crippen molar-refractivity contribution in [1.29, 1.82) is 0 Å². The van der Waals surface area contributed by atoms with E-state index in [1.807, 2.05) is 28.8 Å². The summed E-state index contributed by atoms with van der Waals surface area (Å²) < 4.78 is 0. The van der Waals surface area contributed by atoms with Crippen LogP contribution in [0, 0.1) is 5.92 Å². The van der Waals surface area contributed by atoms with Crippen molar-refractivity contribution < 1.29 is 4.79 Å². The van der Waals surface area contributed by atoms with Crippen LogP contribution >= 0.6 is 22.7 Å². The topological polar surface area (TPSA) is 32.3 Å². The molecule has 1 amide bonds. The summed E-state index contributed by atoms with van der Waals surface area (Å²) in [7, 11) is 0. The molecule has 1 saturated heterocycles. The number of nitrogens with zero attached hydrogens (tertiary/aromatic N) is 1. The first-order valence-electron chi connectivity index (χ1n) is 7.83. The Hall–Kier alpha value is -1.17. The van der Waals surface area contributed by atoms with Crippen molar-refractivity contribution in [3.05, 3.63) is 44.8 Å². The number of nitrogens with one attached hydrogen (secondary N) is 1. The second-order valence-electron chi connectivity index (χ2n) is 5.88. The highest BCUT2D eigenvalue weighted by Crippen LogP contribution is 2.20. The molecule has 1 aliphatic heterocycles. The number of hydrogen-bond acceptors (Lipinski definition) is 4. The summed E-state index contributed by atoms with van der Waals surface area (Å²) in [5, 5.41) is 7.27. The Balaban J connectivity index is 1.41. The summed E-state index contributed by atoms with van der Waals surface area (Å²) in [5.41, 5.74) is 0. The summed E-state index contributed by atoms with van der Waals surface area (Å²) in [6.07, 6.45) is 2.97. The zero-order valence-electron chi connectivity index (χ0n) is 12.7. The van der Waals surface area contributed by atoms with E-state index in [0.717, 1.165) is 24.5 Å². The Labute approximate surface area is 140 Å². The van der Waals surface area contributed by atoms with Crippen LogP contribution in [0.2, 0.25) is 0 Å². The maximum Gasteiger partial charge on any atom is 0.225 e. The molecule has 0 bridgehead atoms. The van der Waals surface area contributed by atoms with Gasteiger partial charge >= 0.3 is 0 Å². The number of likely N-dealkylation sites (tertiary alicyclic amines) is 1. The standard InChI is InChI=1S/C17H22N2OS2/c20-17(10-15-5-2-8-21-15)18-11-14-4-1-7-19(12-14)13-16-6-3-9-22-16/h2-3,5-6,8-9,14H,1,4,7,10-13H2,(H,18,20). The van der Waals surface area contributed by atoms with Crippen LogP contribution in [0.25, 0.3) is 0 Å². The molecular weight excluding hydrogens is 312 g/mol. The predicted octanol–water partition coefficient (Wildman–Crippen LogP) is 3.38. The van der Waals surface area contributed by atoms with Gasteiger partial charge in [-0.25, -0.2) is 0 Å². The third-order valence-corrected chi connectivity index (χ3v) is 5.80. The fourth-order valence-electron chi connectivity index (χ4n) is 2.98.